The quantitative estimate of drug-likeness (QED) is 0.886. The summed E-state index contributed by atoms with van der Waals surface area (Å²) < 4.78 is 0. The lowest BCUT2D eigenvalue weighted by Crippen LogP contribution is -2.27. The van der Waals surface area contributed by atoms with Crippen molar-refractivity contribution in [3.05, 3.63) is 66.0 Å². The lowest BCUT2D eigenvalue weighted by Gasteiger charge is -2.22. The van der Waals surface area contributed by atoms with Gasteiger partial charge in [0.15, 0.2) is 0 Å². The molecule has 1 N–H and O–H groups in total. The molecule has 20 heavy (non-hydrogen) atoms. The Kier molecular flexibility index (Phi) is 4.44. The third-order valence-corrected chi connectivity index (χ3v) is 4.26. The predicted molar refractivity (Wildman–Crippen MR) is 82.5 cm³/mol. The SMILES string of the molecule is c1ccc(C(NCC2CCCC2)c2ccncc2)cc1. The first-order chi connectivity index (χ1) is 9.93. The van der Waals surface area contributed by atoms with Crippen LogP contribution in [0.4, 0.5) is 0 Å². The molecule has 0 radical (unpaired) electrons. The van der Waals surface area contributed by atoms with Crippen LogP contribution in [0.1, 0.15) is 42.9 Å². The van der Waals surface area contributed by atoms with Crippen LogP contribution in [0.25, 0.3) is 0 Å². The molecule has 1 aromatic heterocycles. The number of hydrogen-bond donors (Lipinski definition) is 1. The lowest BCUT2D eigenvalue weighted by molar-refractivity contribution is 0.464. The summed E-state index contributed by atoms with van der Waals surface area (Å²) in [5.41, 5.74) is 2.63. The first-order valence-electron chi connectivity index (χ1n) is 7.62. The van der Waals surface area contributed by atoms with Gasteiger partial charge in [-0.05, 0) is 48.6 Å². The number of nitrogens with one attached hydrogen (secondary N) is 1. The highest BCUT2D eigenvalue weighted by Crippen LogP contribution is 2.26. The van der Waals surface area contributed by atoms with Crippen LogP contribution in [0.2, 0.25) is 0 Å². The topological polar surface area (TPSA) is 24.9 Å². The van der Waals surface area contributed by atoms with E-state index in [9.17, 15) is 0 Å². The zero-order chi connectivity index (χ0) is 13.6. The molecule has 3 rings (SSSR count). The predicted octanol–water partition coefficient (Wildman–Crippen LogP) is 3.95. The molecule has 1 unspecified atom stereocenters. The molecular formula is C18H22N2. The molecule has 2 nitrogen and oxygen atoms in total. The molecular weight excluding hydrogens is 244 g/mol. The van der Waals surface area contributed by atoms with Gasteiger partial charge in [-0.3, -0.25) is 4.98 Å². The van der Waals surface area contributed by atoms with Crippen LogP contribution in [-0.2, 0) is 0 Å². The van der Waals surface area contributed by atoms with E-state index < -0.39 is 0 Å². The van der Waals surface area contributed by atoms with Crippen LogP contribution in [0, 0.1) is 5.92 Å². The molecule has 1 heterocycles. The highest BCUT2D eigenvalue weighted by molar-refractivity contribution is 5.30. The van der Waals surface area contributed by atoms with Crippen molar-refractivity contribution in [1.82, 2.24) is 10.3 Å². The standard InChI is InChI=1S/C18H22N2/c1-2-8-16(9-3-1)18(17-10-12-19-13-11-17)20-14-15-6-4-5-7-15/h1-3,8-13,15,18,20H,4-7,14H2. The van der Waals surface area contributed by atoms with E-state index in [-0.39, 0.29) is 6.04 Å². The van der Waals surface area contributed by atoms with Crippen LogP contribution in [0.5, 0.6) is 0 Å². The van der Waals surface area contributed by atoms with Gasteiger partial charge < -0.3 is 5.32 Å². The highest BCUT2D eigenvalue weighted by atomic mass is 14.9. The maximum Gasteiger partial charge on any atom is 0.0577 e. The van der Waals surface area contributed by atoms with E-state index in [1.54, 1.807) is 0 Å². The fourth-order valence-corrected chi connectivity index (χ4v) is 3.13. The number of benzene rings is 1. The third kappa shape index (κ3) is 3.26. The minimum absolute atomic E-state index is 0.278. The fraction of sp³-hybridized carbons (Fsp3) is 0.389. The molecule has 1 aliphatic carbocycles. The van der Waals surface area contributed by atoms with Gasteiger partial charge in [0.1, 0.15) is 0 Å². The number of hydrogen-bond acceptors (Lipinski definition) is 2. The molecule has 2 aromatic rings. The van der Waals surface area contributed by atoms with Gasteiger partial charge in [0, 0.05) is 12.4 Å². The van der Waals surface area contributed by atoms with E-state index in [2.05, 4.69) is 52.8 Å². The van der Waals surface area contributed by atoms with Crippen LogP contribution in [0.15, 0.2) is 54.9 Å². The molecule has 1 aromatic carbocycles. The van der Waals surface area contributed by atoms with Crippen LogP contribution < -0.4 is 5.32 Å². The number of pyridine rings is 1. The van der Waals surface area contributed by atoms with E-state index in [0.29, 0.717) is 0 Å². The number of nitrogens with zero attached hydrogens (tertiary/aromatic N) is 1. The van der Waals surface area contributed by atoms with E-state index in [1.165, 1.54) is 36.8 Å². The molecule has 0 aliphatic heterocycles. The minimum atomic E-state index is 0.278. The van der Waals surface area contributed by atoms with Gasteiger partial charge in [-0.25, -0.2) is 0 Å². The van der Waals surface area contributed by atoms with E-state index in [4.69, 9.17) is 0 Å². The molecule has 0 saturated heterocycles. The first-order valence-corrected chi connectivity index (χ1v) is 7.62. The van der Waals surface area contributed by atoms with Crippen molar-refractivity contribution >= 4 is 0 Å². The fourth-order valence-electron chi connectivity index (χ4n) is 3.13. The van der Waals surface area contributed by atoms with Gasteiger partial charge in [-0.2, -0.15) is 0 Å². The van der Waals surface area contributed by atoms with Crippen molar-refractivity contribution in [2.45, 2.75) is 31.7 Å². The largest absolute Gasteiger partial charge is 0.306 e. The van der Waals surface area contributed by atoms with Crippen molar-refractivity contribution < 1.29 is 0 Å². The second kappa shape index (κ2) is 6.67. The summed E-state index contributed by atoms with van der Waals surface area (Å²) in [5.74, 6) is 0.850. The van der Waals surface area contributed by atoms with Crippen LogP contribution in [0.3, 0.4) is 0 Å². The van der Waals surface area contributed by atoms with Gasteiger partial charge in [0.05, 0.1) is 6.04 Å². The lowest BCUT2D eigenvalue weighted by atomic mass is 9.98. The number of aromatic nitrogens is 1. The van der Waals surface area contributed by atoms with Gasteiger partial charge in [0.2, 0.25) is 0 Å². The summed E-state index contributed by atoms with van der Waals surface area (Å²) in [7, 11) is 0. The summed E-state index contributed by atoms with van der Waals surface area (Å²) in [4.78, 5) is 4.13. The Bertz CT molecular complexity index is 464. The molecule has 2 heteroatoms. The second-order valence-electron chi connectivity index (χ2n) is 5.68. The van der Waals surface area contributed by atoms with Crippen molar-refractivity contribution in [2.75, 3.05) is 6.54 Å². The van der Waals surface area contributed by atoms with Crippen LogP contribution >= 0.6 is 0 Å². The zero-order valence-corrected chi connectivity index (χ0v) is 11.8. The van der Waals surface area contributed by atoms with E-state index in [1.807, 2.05) is 12.4 Å². The van der Waals surface area contributed by atoms with E-state index in [0.717, 1.165) is 12.5 Å². The summed E-state index contributed by atoms with van der Waals surface area (Å²) in [6.45, 7) is 1.11. The average Bonchev–Trinajstić information content (AvgIpc) is 3.03. The highest BCUT2D eigenvalue weighted by Gasteiger charge is 2.18. The smallest absolute Gasteiger partial charge is 0.0577 e. The Hall–Kier alpha value is -1.67. The normalized spacial score (nSPS) is 17.2. The molecule has 0 bridgehead atoms. The minimum Gasteiger partial charge on any atom is -0.306 e. The maximum absolute atomic E-state index is 4.13. The maximum atomic E-state index is 4.13. The average molecular weight is 266 g/mol. The van der Waals surface area contributed by atoms with Gasteiger partial charge in [-0.1, -0.05) is 43.2 Å². The van der Waals surface area contributed by atoms with Crippen molar-refractivity contribution in [3.63, 3.8) is 0 Å². The molecule has 0 amide bonds. The Morgan fingerprint density at radius 3 is 2.30 bits per heavy atom. The summed E-state index contributed by atoms with van der Waals surface area (Å²) in [5, 5.41) is 3.77. The van der Waals surface area contributed by atoms with Crippen LogP contribution in [-0.4, -0.2) is 11.5 Å². The Morgan fingerprint density at radius 2 is 1.60 bits per heavy atom. The Morgan fingerprint density at radius 1 is 0.950 bits per heavy atom. The molecule has 1 aliphatic rings. The Labute approximate surface area is 121 Å². The first kappa shape index (κ1) is 13.3. The second-order valence-corrected chi connectivity index (χ2v) is 5.68. The van der Waals surface area contributed by atoms with Gasteiger partial charge in [0.25, 0.3) is 0 Å². The molecule has 1 fully saturated rings. The summed E-state index contributed by atoms with van der Waals surface area (Å²) in [6, 6.07) is 15.2. The molecule has 0 spiro atoms. The monoisotopic (exact) mass is 266 g/mol. The molecule has 1 atom stereocenters. The summed E-state index contributed by atoms with van der Waals surface area (Å²) >= 11 is 0. The van der Waals surface area contributed by atoms with E-state index >= 15 is 0 Å². The third-order valence-electron chi connectivity index (χ3n) is 4.26. The Balaban J connectivity index is 1.76. The van der Waals surface area contributed by atoms with Crippen molar-refractivity contribution in [3.8, 4) is 0 Å². The van der Waals surface area contributed by atoms with Crippen molar-refractivity contribution in [2.24, 2.45) is 5.92 Å². The summed E-state index contributed by atoms with van der Waals surface area (Å²) in [6.07, 6.45) is 9.32. The van der Waals surface area contributed by atoms with Crippen molar-refractivity contribution in [1.29, 1.82) is 0 Å². The van der Waals surface area contributed by atoms with Gasteiger partial charge >= 0.3 is 0 Å². The number of rotatable bonds is 5. The molecule has 1 saturated carbocycles. The molecule has 104 valence electrons. The van der Waals surface area contributed by atoms with Gasteiger partial charge in [-0.15, -0.1) is 0 Å². The zero-order valence-electron chi connectivity index (χ0n) is 11.8.